The lowest BCUT2D eigenvalue weighted by atomic mass is 9.95. The van der Waals surface area contributed by atoms with Crippen LogP contribution in [0.4, 0.5) is 5.69 Å². The molecule has 0 radical (unpaired) electrons. The molecule has 1 amide bonds. The van der Waals surface area contributed by atoms with Crippen LogP contribution in [0.15, 0.2) is 72.3 Å². The van der Waals surface area contributed by atoms with Gasteiger partial charge in [-0.05, 0) is 97.8 Å². The summed E-state index contributed by atoms with van der Waals surface area (Å²) in [5.41, 5.74) is 9.76. The van der Waals surface area contributed by atoms with Gasteiger partial charge in [-0.15, -0.1) is 0 Å². The first-order valence-electron chi connectivity index (χ1n) is 12.7. The third-order valence-electron chi connectivity index (χ3n) is 7.14. The predicted molar refractivity (Wildman–Crippen MR) is 144 cm³/mol. The SMILES string of the molecule is CC(=O)Nc1ccc(OCc2ccccc2)cc1-c1ccc2c(c1)C(CCN1CCCC1)=C(C)C2. The van der Waals surface area contributed by atoms with Crippen molar-refractivity contribution in [2.75, 3.05) is 25.0 Å². The number of hydrogen-bond donors (Lipinski definition) is 1. The van der Waals surface area contributed by atoms with Crippen molar-refractivity contribution in [1.82, 2.24) is 4.90 Å². The lowest BCUT2D eigenvalue weighted by Crippen LogP contribution is -2.20. The molecule has 3 aromatic carbocycles. The highest BCUT2D eigenvalue weighted by Crippen LogP contribution is 2.40. The minimum Gasteiger partial charge on any atom is -0.489 e. The second-order valence-electron chi connectivity index (χ2n) is 9.77. The van der Waals surface area contributed by atoms with E-state index in [0.717, 1.165) is 47.5 Å². The molecule has 1 N–H and O–H groups in total. The Labute approximate surface area is 208 Å². The van der Waals surface area contributed by atoms with Gasteiger partial charge in [-0.25, -0.2) is 0 Å². The molecular formula is C31H34N2O2. The van der Waals surface area contributed by atoms with Crippen molar-refractivity contribution in [2.24, 2.45) is 0 Å². The number of carbonyl (C=O) groups is 1. The average molecular weight is 467 g/mol. The predicted octanol–water partition coefficient (Wildman–Crippen LogP) is 6.71. The monoisotopic (exact) mass is 466 g/mol. The van der Waals surface area contributed by atoms with Crippen molar-refractivity contribution in [3.63, 3.8) is 0 Å². The number of allylic oxidation sites excluding steroid dienone is 1. The van der Waals surface area contributed by atoms with Crippen LogP contribution in [0.2, 0.25) is 0 Å². The minimum absolute atomic E-state index is 0.0765. The summed E-state index contributed by atoms with van der Waals surface area (Å²) in [6.45, 7) is 7.93. The molecule has 1 saturated heterocycles. The standard InChI is InChI=1S/C31H34N2O2/c1-22-18-25-10-11-26(19-29(25)28(22)14-17-33-15-6-7-16-33)30-20-27(12-13-31(30)32-23(2)34)35-21-24-8-4-3-5-9-24/h3-5,8-13,19-20H,6-7,14-18,21H2,1-2H3,(H,32,34). The zero-order valence-electron chi connectivity index (χ0n) is 20.8. The van der Waals surface area contributed by atoms with Crippen molar-refractivity contribution in [1.29, 1.82) is 0 Å². The molecule has 0 spiro atoms. The van der Waals surface area contributed by atoms with Gasteiger partial charge in [-0.1, -0.05) is 48.0 Å². The molecular weight excluding hydrogens is 432 g/mol. The number of amides is 1. The fraction of sp³-hybridized carbons (Fsp3) is 0.323. The lowest BCUT2D eigenvalue weighted by molar-refractivity contribution is -0.114. The Morgan fingerprint density at radius 1 is 0.971 bits per heavy atom. The normalized spacial score (nSPS) is 15.4. The Morgan fingerprint density at radius 3 is 2.54 bits per heavy atom. The lowest BCUT2D eigenvalue weighted by Gasteiger charge is -2.17. The van der Waals surface area contributed by atoms with Gasteiger partial charge >= 0.3 is 0 Å². The molecule has 0 unspecified atom stereocenters. The van der Waals surface area contributed by atoms with E-state index < -0.39 is 0 Å². The van der Waals surface area contributed by atoms with E-state index in [2.05, 4.69) is 47.5 Å². The average Bonchev–Trinajstić information content (AvgIpc) is 3.49. The van der Waals surface area contributed by atoms with Crippen molar-refractivity contribution < 1.29 is 9.53 Å². The fourth-order valence-corrected chi connectivity index (χ4v) is 5.32. The van der Waals surface area contributed by atoms with Gasteiger partial charge in [0.15, 0.2) is 0 Å². The Hall–Kier alpha value is -3.37. The van der Waals surface area contributed by atoms with Gasteiger partial charge < -0.3 is 15.0 Å². The maximum Gasteiger partial charge on any atom is 0.221 e. The largest absolute Gasteiger partial charge is 0.489 e. The van der Waals surface area contributed by atoms with E-state index in [1.807, 2.05) is 36.4 Å². The molecule has 2 aliphatic rings. The summed E-state index contributed by atoms with van der Waals surface area (Å²) >= 11 is 0. The summed E-state index contributed by atoms with van der Waals surface area (Å²) in [6, 6.07) is 22.8. The van der Waals surface area contributed by atoms with Crippen molar-refractivity contribution in [3.05, 3.63) is 89.0 Å². The fourth-order valence-electron chi connectivity index (χ4n) is 5.32. The summed E-state index contributed by atoms with van der Waals surface area (Å²) in [4.78, 5) is 14.5. The van der Waals surface area contributed by atoms with Gasteiger partial charge in [0.1, 0.15) is 12.4 Å². The van der Waals surface area contributed by atoms with Crippen molar-refractivity contribution in [3.8, 4) is 16.9 Å². The quantitative estimate of drug-likeness (QED) is 0.401. The molecule has 0 saturated carbocycles. The zero-order valence-corrected chi connectivity index (χ0v) is 20.8. The Kier molecular flexibility index (Phi) is 7.01. The Bertz CT molecular complexity index is 1240. The molecule has 5 rings (SSSR count). The van der Waals surface area contributed by atoms with E-state index in [-0.39, 0.29) is 5.91 Å². The number of hydrogen-bond acceptors (Lipinski definition) is 3. The topological polar surface area (TPSA) is 41.6 Å². The van der Waals surface area contributed by atoms with Crippen molar-refractivity contribution >= 4 is 17.2 Å². The number of nitrogens with one attached hydrogen (secondary N) is 1. The summed E-state index contributed by atoms with van der Waals surface area (Å²) in [5, 5.41) is 3.01. The van der Waals surface area contributed by atoms with Gasteiger partial charge in [-0.3, -0.25) is 4.79 Å². The highest BCUT2D eigenvalue weighted by Gasteiger charge is 2.22. The number of rotatable bonds is 8. The molecule has 4 nitrogen and oxygen atoms in total. The second-order valence-corrected chi connectivity index (χ2v) is 9.77. The number of benzene rings is 3. The van der Waals surface area contributed by atoms with Crippen LogP contribution in [-0.2, 0) is 17.8 Å². The molecule has 35 heavy (non-hydrogen) atoms. The minimum atomic E-state index is -0.0765. The molecule has 180 valence electrons. The van der Waals surface area contributed by atoms with Crippen LogP contribution < -0.4 is 10.1 Å². The third kappa shape index (κ3) is 5.49. The molecule has 4 heteroatoms. The molecule has 3 aromatic rings. The number of carbonyl (C=O) groups excluding carboxylic acids is 1. The number of nitrogens with zero attached hydrogens (tertiary/aromatic N) is 1. The number of fused-ring (bicyclic) bond motifs is 1. The van der Waals surface area contributed by atoms with Gasteiger partial charge in [0, 0.05) is 24.7 Å². The summed E-state index contributed by atoms with van der Waals surface area (Å²) in [6.07, 6.45) is 4.78. The molecule has 0 bridgehead atoms. The van der Waals surface area contributed by atoms with Gasteiger partial charge in [0.2, 0.25) is 5.91 Å². The maximum atomic E-state index is 11.9. The van der Waals surface area contributed by atoms with Crippen LogP contribution >= 0.6 is 0 Å². The molecule has 1 heterocycles. The van der Waals surface area contributed by atoms with E-state index in [9.17, 15) is 4.79 Å². The highest BCUT2D eigenvalue weighted by molar-refractivity contribution is 5.95. The smallest absolute Gasteiger partial charge is 0.221 e. The van der Waals surface area contributed by atoms with Crippen molar-refractivity contribution in [2.45, 2.75) is 46.1 Å². The number of ether oxygens (including phenoxy) is 1. The Morgan fingerprint density at radius 2 is 1.77 bits per heavy atom. The van der Waals surface area contributed by atoms with Crippen LogP contribution in [0.1, 0.15) is 49.8 Å². The molecule has 0 atom stereocenters. The van der Waals surface area contributed by atoms with Gasteiger partial charge in [0.05, 0.1) is 0 Å². The van der Waals surface area contributed by atoms with Crippen LogP contribution in [0.5, 0.6) is 5.75 Å². The first-order valence-corrected chi connectivity index (χ1v) is 12.7. The van der Waals surface area contributed by atoms with Crippen LogP contribution in [0.3, 0.4) is 0 Å². The van der Waals surface area contributed by atoms with Gasteiger partial charge in [-0.2, -0.15) is 0 Å². The van der Waals surface area contributed by atoms with E-state index in [1.165, 1.54) is 48.2 Å². The summed E-state index contributed by atoms with van der Waals surface area (Å²) in [5.74, 6) is 0.715. The molecule has 0 aromatic heterocycles. The van der Waals surface area contributed by atoms with Crippen LogP contribution in [0.25, 0.3) is 16.7 Å². The van der Waals surface area contributed by atoms with Crippen LogP contribution in [-0.4, -0.2) is 30.4 Å². The highest BCUT2D eigenvalue weighted by atomic mass is 16.5. The molecule has 1 aliphatic carbocycles. The summed E-state index contributed by atoms with van der Waals surface area (Å²) < 4.78 is 6.11. The number of anilines is 1. The van der Waals surface area contributed by atoms with E-state index in [4.69, 9.17) is 4.74 Å². The zero-order chi connectivity index (χ0) is 24.2. The first-order chi connectivity index (χ1) is 17.1. The molecule has 1 fully saturated rings. The maximum absolute atomic E-state index is 11.9. The first kappa shape index (κ1) is 23.4. The second kappa shape index (κ2) is 10.5. The van der Waals surface area contributed by atoms with E-state index in [0.29, 0.717) is 6.61 Å². The Balaban J connectivity index is 1.43. The molecule has 1 aliphatic heterocycles. The van der Waals surface area contributed by atoms with Gasteiger partial charge in [0.25, 0.3) is 0 Å². The number of likely N-dealkylation sites (tertiary alicyclic amines) is 1. The third-order valence-corrected chi connectivity index (χ3v) is 7.14. The van der Waals surface area contributed by atoms with E-state index in [1.54, 1.807) is 6.92 Å². The van der Waals surface area contributed by atoms with Crippen LogP contribution in [0, 0.1) is 0 Å². The summed E-state index contributed by atoms with van der Waals surface area (Å²) in [7, 11) is 0. The van der Waals surface area contributed by atoms with E-state index >= 15 is 0 Å².